The Labute approximate surface area is 157 Å². The van der Waals surface area contributed by atoms with E-state index in [4.69, 9.17) is 0 Å². The van der Waals surface area contributed by atoms with Crippen molar-refractivity contribution < 1.29 is 9.53 Å². The van der Waals surface area contributed by atoms with Crippen LogP contribution in [-0.4, -0.2) is 19.6 Å². The molecule has 1 atom stereocenters. The van der Waals surface area contributed by atoms with E-state index >= 15 is 0 Å². The van der Waals surface area contributed by atoms with Crippen LogP contribution in [0.3, 0.4) is 0 Å². The summed E-state index contributed by atoms with van der Waals surface area (Å²) >= 11 is 8.88. The third kappa shape index (κ3) is 6.75. The lowest BCUT2D eigenvalue weighted by Crippen LogP contribution is -2.10. The van der Waals surface area contributed by atoms with Gasteiger partial charge in [0.05, 0.1) is 3.79 Å². The number of ether oxygens (including phenoxy) is 1. The van der Waals surface area contributed by atoms with Gasteiger partial charge in [-0.3, -0.25) is 4.79 Å². The summed E-state index contributed by atoms with van der Waals surface area (Å²) in [6.45, 7) is 3.20. The van der Waals surface area contributed by atoms with Crippen LogP contribution in [0.25, 0.3) is 0 Å². The molecule has 6 heteroatoms. The second-order valence-electron chi connectivity index (χ2n) is 5.29. The van der Waals surface area contributed by atoms with Gasteiger partial charge in [0.2, 0.25) is 0 Å². The van der Waals surface area contributed by atoms with Crippen molar-refractivity contribution in [3.8, 4) is 0 Å². The summed E-state index contributed by atoms with van der Waals surface area (Å²) in [5.41, 5.74) is 1.01. The Balaban J connectivity index is 0.000000174. The average Bonchev–Trinajstić information content (AvgIpc) is 3.17. The minimum Gasteiger partial charge on any atom is -0.463 e. The van der Waals surface area contributed by atoms with E-state index in [2.05, 4.69) is 48.0 Å². The van der Waals surface area contributed by atoms with E-state index in [9.17, 15) is 4.79 Å². The van der Waals surface area contributed by atoms with Crippen LogP contribution in [-0.2, 0) is 22.6 Å². The Morgan fingerprint density at radius 2 is 2.09 bits per heavy atom. The Morgan fingerprint density at radius 1 is 1.30 bits per heavy atom. The highest BCUT2D eigenvalue weighted by Gasteiger charge is 2.16. The van der Waals surface area contributed by atoms with Gasteiger partial charge in [-0.05, 0) is 75.3 Å². The number of thiophene rings is 1. The lowest BCUT2D eigenvalue weighted by atomic mass is 10.0. The fraction of sp³-hybridized carbons (Fsp3) is 0.353. The van der Waals surface area contributed by atoms with E-state index in [1.807, 2.05) is 41.7 Å². The van der Waals surface area contributed by atoms with Gasteiger partial charge in [0.25, 0.3) is 6.47 Å². The van der Waals surface area contributed by atoms with Gasteiger partial charge in [-0.1, -0.05) is 30.3 Å². The summed E-state index contributed by atoms with van der Waals surface area (Å²) in [5.74, 6) is 0.845. The Hall–Kier alpha value is -0.690. The van der Waals surface area contributed by atoms with Crippen LogP contribution >= 0.6 is 43.2 Å². The molecule has 23 heavy (non-hydrogen) atoms. The van der Waals surface area contributed by atoms with Crippen LogP contribution in [0.1, 0.15) is 16.9 Å². The molecule has 1 unspecified atom stereocenters. The molecule has 3 rings (SSSR count). The second kappa shape index (κ2) is 10.2. The predicted molar refractivity (Wildman–Crippen MR) is 102 cm³/mol. The summed E-state index contributed by atoms with van der Waals surface area (Å²) in [4.78, 5) is 11.2. The molecule has 1 saturated heterocycles. The van der Waals surface area contributed by atoms with Crippen molar-refractivity contribution in [2.45, 2.75) is 19.4 Å². The monoisotopic (exact) mass is 459 g/mol. The van der Waals surface area contributed by atoms with Crippen LogP contribution in [0.2, 0.25) is 0 Å². The van der Waals surface area contributed by atoms with Crippen molar-refractivity contribution >= 4 is 49.7 Å². The topological polar surface area (TPSA) is 38.3 Å². The first-order valence-electron chi connectivity index (χ1n) is 7.42. The molecular weight excluding hydrogens is 442 g/mol. The predicted octanol–water partition coefficient (Wildman–Crippen LogP) is 4.78. The molecule has 0 radical (unpaired) electrons. The molecule has 0 aliphatic carbocycles. The third-order valence-corrected chi connectivity index (χ3v) is 6.79. The molecule has 2 aromatic rings. The van der Waals surface area contributed by atoms with Crippen LogP contribution in [0.4, 0.5) is 0 Å². The molecule has 1 N–H and O–H groups in total. The molecule has 0 amide bonds. The summed E-state index contributed by atoms with van der Waals surface area (Å²) in [6, 6.07) is 11.8. The normalized spacial score (nSPS) is 16.5. The van der Waals surface area contributed by atoms with Crippen molar-refractivity contribution in [1.82, 2.24) is 5.32 Å². The molecule has 0 saturated carbocycles. The number of halogens is 2. The first kappa shape index (κ1) is 18.6. The number of nitrogens with one attached hydrogen (secondary N) is 1. The van der Waals surface area contributed by atoms with Crippen LogP contribution in [0.5, 0.6) is 0 Å². The Bertz CT molecular complexity index is 578. The van der Waals surface area contributed by atoms with Crippen LogP contribution in [0, 0.1) is 5.92 Å². The molecule has 1 fully saturated rings. The molecule has 0 spiro atoms. The molecule has 0 bridgehead atoms. The number of hydrogen-bond donors (Lipinski definition) is 1. The van der Waals surface area contributed by atoms with Gasteiger partial charge in [-0.15, -0.1) is 11.3 Å². The standard InChI is InChI=1S/C9H11Br2NS.C8H8O2/c10-8-4-7(13-9(8)11)3-6-1-2-12-5-6;9-7-10-6-8-4-2-1-3-5-8/h4,6,12H,1-3,5H2;1-5,7H,6H2. The largest absolute Gasteiger partial charge is 0.463 e. The summed E-state index contributed by atoms with van der Waals surface area (Å²) in [6.07, 6.45) is 2.55. The fourth-order valence-corrected chi connectivity index (χ4v) is 4.66. The Morgan fingerprint density at radius 3 is 2.65 bits per heavy atom. The maximum atomic E-state index is 9.76. The molecule has 1 aromatic carbocycles. The summed E-state index contributed by atoms with van der Waals surface area (Å²) < 4.78 is 6.95. The van der Waals surface area contributed by atoms with E-state index in [1.54, 1.807) is 0 Å². The average molecular weight is 461 g/mol. The van der Waals surface area contributed by atoms with Crippen molar-refractivity contribution in [3.63, 3.8) is 0 Å². The molecule has 2 heterocycles. The van der Waals surface area contributed by atoms with E-state index in [-0.39, 0.29) is 0 Å². The second-order valence-corrected chi connectivity index (χ2v) is 8.60. The lowest BCUT2D eigenvalue weighted by molar-refractivity contribution is -0.129. The van der Waals surface area contributed by atoms with Crippen molar-refractivity contribution in [2.24, 2.45) is 5.92 Å². The van der Waals surface area contributed by atoms with Gasteiger partial charge in [-0.25, -0.2) is 0 Å². The lowest BCUT2D eigenvalue weighted by Gasteiger charge is -2.04. The first-order valence-corrected chi connectivity index (χ1v) is 9.83. The van der Waals surface area contributed by atoms with E-state index < -0.39 is 0 Å². The van der Waals surface area contributed by atoms with Crippen LogP contribution in [0.15, 0.2) is 44.7 Å². The minimum absolute atomic E-state index is 0.365. The number of hydrogen-bond acceptors (Lipinski definition) is 4. The molecule has 1 aliphatic heterocycles. The highest BCUT2D eigenvalue weighted by Crippen LogP contribution is 2.34. The van der Waals surface area contributed by atoms with E-state index in [0.29, 0.717) is 13.1 Å². The smallest absolute Gasteiger partial charge is 0.293 e. The molecule has 124 valence electrons. The highest BCUT2D eigenvalue weighted by atomic mass is 79.9. The first-order chi connectivity index (χ1) is 11.2. The number of carbonyl (C=O) groups is 1. The quantitative estimate of drug-likeness (QED) is 0.652. The minimum atomic E-state index is 0.365. The molecular formula is C17H19Br2NO2S. The van der Waals surface area contributed by atoms with Gasteiger partial charge in [0.15, 0.2) is 0 Å². The van der Waals surface area contributed by atoms with Crippen molar-refractivity contribution in [2.75, 3.05) is 13.1 Å². The van der Waals surface area contributed by atoms with Gasteiger partial charge in [-0.2, -0.15) is 0 Å². The van der Waals surface area contributed by atoms with Gasteiger partial charge in [0, 0.05) is 9.35 Å². The fourth-order valence-electron chi connectivity index (χ4n) is 2.37. The molecule has 1 aliphatic rings. The van der Waals surface area contributed by atoms with Crippen molar-refractivity contribution in [3.05, 3.63) is 55.1 Å². The Kier molecular flexibility index (Phi) is 8.30. The molecule has 1 aromatic heterocycles. The zero-order valence-electron chi connectivity index (χ0n) is 12.6. The van der Waals surface area contributed by atoms with E-state index in [1.165, 1.54) is 39.1 Å². The maximum Gasteiger partial charge on any atom is 0.293 e. The van der Waals surface area contributed by atoms with Gasteiger partial charge in [0.1, 0.15) is 6.61 Å². The zero-order chi connectivity index (χ0) is 16.5. The van der Waals surface area contributed by atoms with Gasteiger partial charge >= 0.3 is 0 Å². The third-order valence-electron chi connectivity index (χ3n) is 3.51. The highest BCUT2D eigenvalue weighted by molar-refractivity contribution is 9.13. The SMILES string of the molecule is Brc1cc(CC2CCNC2)sc1Br.O=COCc1ccccc1. The number of rotatable bonds is 5. The zero-order valence-corrected chi connectivity index (χ0v) is 16.6. The van der Waals surface area contributed by atoms with E-state index in [0.717, 1.165) is 11.5 Å². The number of carbonyl (C=O) groups excluding carboxylic acids is 1. The molecule has 3 nitrogen and oxygen atoms in total. The summed E-state index contributed by atoms with van der Waals surface area (Å²) in [7, 11) is 0. The maximum absolute atomic E-state index is 9.76. The van der Waals surface area contributed by atoms with Gasteiger partial charge < -0.3 is 10.1 Å². The van der Waals surface area contributed by atoms with Crippen molar-refractivity contribution in [1.29, 1.82) is 0 Å². The van der Waals surface area contributed by atoms with Crippen LogP contribution < -0.4 is 5.32 Å². The summed E-state index contributed by atoms with van der Waals surface area (Å²) in [5, 5.41) is 3.40. The number of benzene rings is 1.